The Morgan fingerprint density at radius 1 is 1.00 bits per heavy atom. The van der Waals surface area contributed by atoms with Crippen LogP contribution in [-0.4, -0.2) is 21.7 Å². The van der Waals surface area contributed by atoms with Gasteiger partial charge in [0.15, 0.2) is 5.69 Å². The van der Waals surface area contributed by atoms with Crippen LogP contribution in [0.15, 0.2) is 66.7 Å². The minimum atomic E-state index is -0.725. The van der Waals surface area contributed by atoms with E-state index in [4.69, 9.17) is 4.84 Å². The molecule has 0 atom stereocenters. The molecule has 24 heavy (non-hydrogen) atoms. The summed E-state index contributed by atoms with van der Waals surface area (Å²) in [6, 6.07) is 19.5. The van der Waals surface area contributed by atoms with Crippen LogP contribution in [0.1, 0.15) is 26.5 Å². The molecule has 0 unspecified atom stereocenters. The molecule has 1 heterocycles. The Morgan fingerprint density at radius 2 is 1.62 bits per heavy atom. The highest BCUT2D eigenvalue weighted by atomic mass is 16.7. The van der Waals surface area contributed by atoms with Crippen molar-refractivity contribution in [1.82, 2.24) is 15.3 Å². The van der Waals surface area contributed by atoms with E-state index >= 15 is 0 Å². The normalized spacial score (nSPS) is 10.2. The average molecular weight is 321 g/mol. The van der Waals surface area contributed by atoms with Crippen molar-refractivity contribution in [2.75, 3.05) is 0 Å². The van der Waals surface area contributed by atoms with Crippen molar-refractivity contribution in [3.05, 3.63) is 83.7 Å². The summed E-state index contributed by atoms with van der Waals surface area (Å²) in [5.74, 6) is -1.22. The zero-order valence-electron chi connectivity index (χ0n) is 13.0. The minimum absolute atomic E-state index is 0.115. The van der Waals surface area contributed by atoms with Crippen LogP contribution in [0, 0.1) is 6.92 Å². The second-order valence-corrected chi connectivity index (χ2v) is 5.11. The molecule has 0 bridgehead atoms. The average Bonchev–Trinajstić information content (AvgIpc) is 3.02. The largest absolute Gasteiger partial charge is 0.383 e. The van der Waals surface area contributed by atoms with Gasteiger partial charge in [-0.15, -0.1) is 0 Å². The van der Waals surface area contributed by atoms with E-state index in [-0.39, 0.29) is 5.69 Å². The topological polar surface area (TPSA) is 73.2 Å². The number of hydrogen-bond donors (Lipinski definition) is 1. The summed E-state index contributed by atoms with van der Waals surface area (Å²) in [6.07, 6.45) is 0. The van der Waals surface area contributed by atoms with Crippen LogP contribution in [0.25, 0.3) is 5.69 Å². The lowest BCUT2D eigenvalue weighted by Crippen LogP contribution is -2.27. The van der Waals surface area contributed by atoms with E-state index in [1.807, 2.05) is 37.3 Å². The van der Waals surface area contributed by atoms with Gasteiger partial charge in [-0.25, -0.2) is 9.48 Å². The van der Waals surface area contributed by atoms with Gasteiger partial charge in [0.05, 0.1) is 5.69 Å². The zero-order valence-corrected chi connectivity index (χ0v) is 13.0. The van der Waals surface area contributed by atoms with Crippen LogP contribution < -0.4 is 5.48 Å². The molecule has 6 heteroatoms. The van der Waals surface area contributed by atoms with Gasteiger partial charge in [-0.1, -0.05) is 36.4 Å². The lowest BCUT2D eigenvalue weighted by Gasteiger charge is -2.04. The number of nitrogens with zero attached hydrogens (tertiary/aromatic N) is 2. The van der Waals surface area contributed by atoms with Gasteiger partial charge < -0.3 is 4.84 Å². The van der Waals surface area contributed by atoms with Crippen LogP contribution >= 0.6 is 0 Å². The Balaban J connectivity index is 1.69. The summed E-state index contributed by atoms with van der Waals surface area (Å²) in [7, 11) is 0. The fourth-order valence-corrected chi connectivity index (χ4v) is 2.20. The number of hydrogen-bond acceptors (Lipinski definition) is 4. The molecule has 3 rings (SSSR count). The molecule has 0 fully saturated rings. The van der Waals surface area contributed by atoms with Crippen LogP contribution in [0.5, 0.6) is 0 Å². The van der Waals surface area contributed by atoms with Crippen molar-refractivity contribution in [3.8, 4) is 5.69 Å². The minimum Gasteiger partial charge on any atom is -0.333 e. The molecule has 0 saturated carbocycles. The third-order valence-electron chi connectivity index (χ3n) is 3.37. The monoisotopic (exact) mass is 321 g/mol. The summed E-state index contributed by atoms with van der Waals surface area (Å²) in [4.78, 5) is 28.8. The molecule has 1 aromatic heterocycles. The van der Waals surface area contributed by atoms with Gasteiger partial charge in [0, 0.05) is 11.3 Å². The molecule has 3 aromatic rings. The van der Waals surface area contributed by atoms with Gasteiger partial charge in [-0.05, 0) is 37.3 Å². The lowest BCUT2D eigenvalue weighted by molar-refractivity contribution is 0.0224. The highest BCUT2D eigenvalue weighted by molar-refractivity contribution is 5.95. The second-order valence-electron chi connectivity index (χ2n) is 5.11. The molecule has 0 aliphatic carbocycles. The van der Waals surface area contributed by atoms with E-state index in [1.165, 1.54) is 0 Å². The highest BCUT2D eigenvalue weighted by Crippen LogP contribution is 2.12. The van der Waals surface area contributed by atoms with Crippen LogP contribution in [-0.2, 0) is 4.84 Å². The van der Waals surface area contributed by atoms with Gasteiger partial charge >= 0.3 is 5.97 Å². The Morgan fingerprint density at radius 3 is 2.29 bits per heavy atom. The van der Waals surface area contributed by atoms with Gasteiger partial charge in [-0.2, -0.15) is 10.6 Å². The van der Waals surface area contributed by atoms with Gasteiger partial charge in [0.2, 0.25) is 0 Å². The Hall–Kier alpha value is -3.41. The van der Waals surface area contributed by atoms with Crippen molar-refractivity contribution in [2.45, 2.75) is 6.92 Å². The van der Waals surface area contributed by atoms with E-state index in [0.717, 1.165) is 11.4 Å². The lowest BCUT2D eigenvalue weighted by atomic mass is 10.2. The number of aromatic nitrogens is 2. The molecule has 1 amide bonds. The Bertz CT molecular complexity index is 858. The molecule has 2 aromatic carbocycles. The van der Waals surface area contributed by atoms with E-state index in [9.17, 15) is 9.59 Å². The number of carbonyl (C=O) groups excluding carboxylic acids is 2. The van der Waals surface area contributed by atoms with Gasteiger partial charge in [0.1, 0.15) is 0 Å². The fourth-order valence-electron chi connectivity index (χ4n) is 2.20. The number of hydroxylamine groups is 1. The van der Waals surface area contributed by atoms with Crippen LogP contribution in [0.3, 0.4) is 0 Å². The van der Waals surface area contributed by atoms with Crippen molar-refractivity contribution >= 4 is 11.9 Å². The SMILES string of the molecule is Cc1cc(C(=O)ONC(=O)c2ccccc2)nn1-c1ccccc1. The molecule has 6 nitrogen and oxygen atoms in total. The molecular weight excluding hydrogens is 306 g/mol. The summed E-state index contributed by atoms with van der Waals surface area (Å²) in [6.45, 7) is 1.83. The molecule has 120 valence electrons. The maximum absolute atomic E-state index is 12.1. The molecule has 1 N–H and O–H groups in total. The van der Waals surface area contributed by atoms with Crippen LogP contribution in [0.4, 0.5) is 0 Å². The highest BCUT2D eigenvalue weighted by Gasteiger charge is 2.16. The number of rotatable bonds is 3. The number of carbonyl (C=O) groups is 2. The second kappa shape index (κ2) is 6.78. The predicted octanol–water partition coefficient (Wildman–Crippen LogP) is 2.68. The molecule has 0 aliphatic rings. The number of nitrogens with one attached hydrogen (secondary N) is 1. The number of benzene rings is 2. The zero-order chi connectivity index (χ0) is 16.9. The molecular formula is C18H15N3O3. The van der Waals surface area contributed by atoms with E-state index in [1.54, 1.807) is 41.1 Å². The predicted molar refractivity (Wildman–Crippen MR) is 87.6 cm³/mol. The van der Waals surface area contributed by atoms with Crippen LogP contribution in [0.2, 0.25) is 0 Å². The third kappa shape index (κ3) is 3.33. The molecule has 0 spiro atoms. The van der Waals surface area contributed by atoms with Gasteiger partial charge in [0.25, 0.3) is 5.91 Å². The standard InChI is InChI=1S/C18H15N3O3/c1-13-12-16(19-21(13)15-10-6-3-7-11-15)18(23)24-20-17(22)14-8-4-2-5-9-14/h2-12H,1H3,(H,20,22). The fraction of sp³-hybridized carbons (Fsp3) is 0.0556. The van der Waals surface area contributed by atoms with E-state index < -0.39 is 11.9 Å². The molecule has 0 radical (unpaired) electrons. The number of amides is 1. The maximum Gasteiger partial charge on any atom is 0.383 e. The van der Waals surface area contributed by atoms with Crippen molar-refractivity contribution in [2.24, 2.45) is 0 Å². The number of para-hydroxylation sites is 1. The van der Waals surface area contributed by atoms with E-state index in [0.29, 0.717) is 5.56 Å². The first-order valence-corrected chi connectivity index (χ1v) is 7.34. The van der Waals surface area contributed by atoms with Crippen molar-refractivity contribution in [1.29, 1.82) is 0 Å². The summed E-state index contributed by atoms with van der Waals surface area (Å²) >= 11 is 0. The van der Waals surface area contributed by atoms with Gasteiger partial charge in [-0.3, -0.25) is 4.79 Å². The summed E-state index contributed by atoms with van der Waals surface area (Å²) in [5.41, 5.74) is 4.26. The molecule has 0 aliphatic heterocycles. The summed E-state index contributed by atoms with van der Waals surface area (Å²) < 4.78 is 1.63. The first-order valence-electron chi connectivity index (χ1n) is 7.34. The Labute approximate surface area is 138 Å². The van der Waals surface area contributed by atoms with Crippen molar-refractivity contribution in [3.63, 3.8) is 0 Å². The first kappa shape index (κ1) is 15.5. The maximum atomic E-state index is 12.1. The number of aryl methyl sites for hydroxylation is 1. The summed E-state index contributed by atoms with van der Waals surface area (Å²) in [5, 5.41) is 4.22. The smallest absolute Gasteiger partial charge is 0.333 e. The quantitative estimate of drug-likeness (QED) is 0.753. The third-order valence-corrected chi connectivity index (χ3v) is 3.37. The van der Waals surface area contributed by atoms with E-state index in [2.05, 4.69) is 10.6 Å². The molecule has 0 saturated heterocycles. The first-order chi connectivity index (χ1) is 11.6. The van der Waals surface area contributed by atoms with Crippen molar-refractivity contribution < 1.29 is 14.4 Å². The Kier molecular flexibility index (Phi) is 4.38.